The lowest BCUT2D eigenvalue weighted by molar-refractivity contribution is 0.506. The summed E-state index contributed by atoms with van der Waals surface area (Å²) in [5.41, 5.74) is 2.79. The summed E-state index contributed by atoms with van der Waals surface area (Å²) >= 11 is 0. The van der Waals surface area contributed by atoms with Gasteiger partial charge in [-0.05, 0) is 31.4 Å². The Morgan fingerprint density at radius 3 is 2.81 bits per heavy atom. The Balaban J connectivity index is 1.57. The first-order chi connectivity index (χ1) is 12.6. The zero-order valence-electron chi connectivity index (χ0n) is 15.2. The molecular formula is C19H24N6O. The lowest BCUT2D eigenvalue weighted by Crippen LogP contribution is -2.42. The van der Waals surface area contributed by atoms with Gasteiger partial charge < -0.3 is 10.6 Å². The van der Waals surface area contributed by atoms with Crippen LogP contribution in [0.1, 0.15) is 31.2 Å². The maximum atomic E-state index is 12.2. The molecule has 0 atom stereocenters. The second kappa shape index (κ2) is 6.48. The third-order valence-electron chi connectivity index (χ3n) is 5.30. The molecule has 0 bridgehead atoms. The second-order valence-corrected chi connectivity index (χ2v) is 7.20. The molecule has 0 saturated heterocycles. The molecule has 1 aliphatic rings. The minimum absolute atomic E-state index is 0.0356. The number of nitrogens with one attached hydrogen (secondary N) is 3. The van der Waals surface area contributed by atoms with E-state index in [0.29, 0.717) is 23.5 Å². The molecule has 1 saturated carbocycles. The summed E-state index contributed by atoms with van der Waals surface area (Å²) < 4.78 is 1.62. The molecule has 0 aliphatic heterocycles. The van der Waals surface area contributed by atoms with Crippen LogP contribution < -0.4 is 16.2 Å². The molecule has 1 aromatic carbocycles. The van der Waals surface area contributed by atoms with Crippen LogP contribution >= 0.6 is 0 Å². The summed E-state index contributed by atoms with van der Waals surface area (Å²) in [6.07, 6.45) is 6.12. The van der Waals surface area contributed by atoms with Gasteiger partial charge in [-0.1, -0.05) is 31.0 Å². The summed E-state index contributed by atoms with van der Waals surface area (Å²) in [7, 11) is 1.79. The Morgan fingerprint density at radius 2 is 2.04 bits per heavy atom. The number of aromatic amines is 1. The summed E-state index contributed by atoms with van der Waals surface area (Å²) in [6.45, 7) is 2.82. The number of benzene rings is 1. The van der Waals surface area contributed by atoms with Crippen LogP contribution in [0.3, 0.4) is 0 Å². The van der Waals surface area contributed by atoms with Crippen LogP contribution in [0.2, 0.25) is 0 Å². The van der Waals surface area contributed by atoms with E-state index in [9.17, 15) is 4.79 Å². The highest BCUT2D eigenvalue weighted by Crippen LogP contribution is 2.34. The van der Waals surface area contributed by atoms with Crippen LogP contribution in [0.25, 0.3) is 11.0 Å². The lowest BCUT2D eigenvalue weighted by atomic mass is 9.96. The van der Waals surface area contributed by atoms with Crippen LogP contribution in [0.15, 0.2) is 35.3 Å². The van der Waals surface area contributed by atoms with Crippen molar-refractivity contribution in [3.63, 3.8) is 0 Å². The number of H-pyrrole nitrogens is 1. The fourth-order valence-electron chi connectivity index (χ4n) is 3.77. The van der Waals surface area contributed by atoms with Crippen LogP contribution in [0, 0.1) is 6.92 Å². The maximum Gasteiger partial charge on any atom is 0.263 e. The smallest absolute Gasteiger partial charge is 0.263 e. The zero-order valence-corrected chi connectivity index (χ0v) is 15.2. The molecule has 0 unspecified atom stereocenters. The molecule has 136 valence electrons. The normalized spacial score (nSPS) is 16.1. The molecule has 7 heteroatoms. The Hall–Kier alpha value is -2.83. The molecule has 3 N–H and O–H groups in total. The molecule has 1 aliphatic carbocycles. The van der Waals surface area contributed by atoms with Crippen molar-refractivity contribution in [1.82, 2.24) is 19.7 Å². The fourth-order valence-corrected chi connectivity index (χ4v) is 3.77. The first-order valence-corrected chi connectivity index (χ1v) is 9.06. The van der Waals surface area contributed by atoms with Crippen molar-refractivity contribution in [2.24, 2.45) is 7.05 Å². The van der Waals surface area contributed by atoms with Crippen molar-refractivity contribution < 1.29 is 0 Å². The van der Waals surface area contributed by atoms with Crippen LogP contribution in [0.4, 0.5) is 11.6 Å². The summed E-state index contributed by atoms with van der Waals surface area (Å²) in [4.78, 5) is 19.6. The van der Waals surface area contributed by atoms with Crippen LogP contribution in [-0.4, -0.2) is 31.8 Å². The standard InChI is InChI=1S/C19H24N6O/c1-13-7-3-4-8-15(13)24-19(9-5-6-10-19)12-20-18-22-16-14(17(26)23-18)11-21-25(16)2/h3-4,7-8,11,24H,5-6,9-10,12H2,1-2H3,(H2,20,22,23,26). The minimum Gasteiger partial charge on any atom is -0.378 e. The Morgan fingerprint density at radius 1 is 1.27 bits per heavy atom. The van der Waals surface area contributed by atoms with E-state index in [-0.39, 0.29) is 11.1 Å². The van der Waals surface area contributed by atoms with Crippen molar-refractivity contribution >= 4 is 22.7 Å². The topological polar surface area (TPSA) is 87.6 Å². The van der Waals surface area contributed by atoms with Gasteiger partial charge in [0.1, 0.15) is 5.39 Å². The van der Waals surface area contributed by atoms with E-state index in [4.69, 9.17) is 0 Å². The van der Waals surface area contributed by atoms with E-state index < -0.39 is 0 Å². The number of fused-ring (bicyclic) bond motifs is 1. The van der Waals surface area contributed by atoms with Gasteiger partial charge in [0.2, 0.25) is 5.95 Å². The van der Waals surface area contributed by atoms with Gasteiger partial charge in [-0.3, -0.25) is 14.5 Å². The average molecular weight is 352 g/mol. The fraction of sp³-hybridized carbons (Fsp3) is 0.421. The second-order valence-electron chi connectivity index (χ2n) is 7.20. The monoisotopic (exact) mass is 352 g/mol. The Bertz CT molecular complexity index is 983. The number of hydrogen-bond donors (Lipinski definition) is 3. The number of anilines is 2. The quantitative estimate of drug-likeness (QED) is 0.657. The van der Waals surface area contributed by atoms with Gasteiger partial charge >= 0.3 is 0 Å². The first kappa shape index (κ1) is 16.6. The van der Waals surface area contributed by atoms with E-state index in [1.54, 1.807) is 17.9 Å². The Labute approximate surface area is 151 Å². The number of rotatable bonds is 5. The highest BCUT2D eigenvalue weighted by Gasteiger charge is 2.34. The number of aromatic nitrogens is 4. The lowest BCUT2D eigenvalue weighted by Gasteiger charge is -2.32. The van der Waals surface area contributed by atoms with Crippen molar-refractivity contribution in [3.05, 3.63) is 46.4 Å². The largest absolute Gasteiger partial charge is 0.378 e. The van der Waals surface area contributed by atoms with Crippen LogP contribution in [0.5, 0.6) is 0 Å². The highest BCUT2D eigenvalue weighted by atomic mass is 16.1. The third-order valence-corrected chi connectivity index (χ3v) is 5.30. The van der Waals surface area contributed by atoms with Gasteiger partial charge in [0.25, 0.3) is 5.56 Å². The molecule has 0 amide bonds. The van der Waals surface area contributed by atoms with E-state index in [1.807, 2.05) is 0 Å². The van der Waals surface area contributed by atoms with Crippen molar-refractivity contribution in [3.8, 4) is 0 Å². The van der Waals surface area contributed by atoms with Crippen molar-refractivity contribution in [2.45, 2.75) is 38.1 Å². The van der Waals surface area contributed by atoms with Gasteiger partial charge in [-0.15, -0.1) is 0 Å². The average Bonchev–Trinajstić information content (AvgIpc) is 3.24. The molecule has 0 radical (unpaired) electrons. The number of hydrogen-bond acceptors (Lipinski definition) is 5. The molecule has 2 heterocycles. The van der Waals surface area contributed by atoms with Gasteiger partial charge in [0.15, 0.2) is 5.65 Å². The SMILES string of the molecule is Cc1ccccc1NC1(CNc2nc3c(cnn3C)c(=O)[nH]2)CCCC1. The summed E-state index contributed by atoms with van der Waals surface area (Å²) in [6, 6.07) is 8.35. The van der Waals surface area contributed by atoms with Crippen molar-refractivity contribution in [1.29, 1.82) is 0 Å². The van der Waals surface area contributed by atoms with E-state index in [2.05, 4.69) is 56.9 Å². The van der Waals surface area contributed by atoms with Crippen LogP contribution in [-0.2, 0) is 7.05 Å². The Kier molecular flexibility index (Phi) is 4.14. The molecule has 1 fully saturated rings. The number of para-hydroxylation sites is 1. The summed E-state index contributed by atoms with van der Waals surface area (Å²) in [5.74, 6) is 0.490. The molecule has 0 spiro atoms. The molecule has 3 aromatic rings. The first-order valence-electron chi connectivity index (χ1n) is 9.06. The van der Waals surface area contributed by atoms with Gasteiger partial charge in [0, 0.05) is 19.3 Å². The molecule has 7 nitrogen and oxygen atoms in total. The molecule has 26 heavy (non-hydrogen) atoms. The number of nitrogens with zero attached hydrogens (tertiary/aromatic N) is 3. The predicted molar refractivity (Wildman–Crippen MR) is 104 cm³/mol. The third kappa shape index (κ3) is 3.05. The summed E-state index contributed by atoms with van der Waals surface area (Å²) in [5, 5.41) is 11.7. The molecule has 2 aromatic heterocycles. The van der Waals surface area contributed by atoms with E-state index >= 15 is 0 Å². The minimum atomic E-state index is -0.169. The van der Waals surface area contributed by atoms with E-state index in [0.717, 1.165) is 12.8 Å². The molecular weight excluding hydrogens is 328 g/mol. The van der Waals surface area contributed by atoms with Crippen molar-refractivity contribution in [2.75, 3.05) is 17.2 Å². The van der Waals surface area contributed by atoms with Gasteiger partial charge in [-0.2, -0.15) is 10.1 Å². The molecule has 4 rings (SSSR count). The van der Waals surface area contributed by atoms with E-state index in [1.165, 1.54) is 24.1 Å². The highest BCUT2D eigenvalue weighted by molar-refractivity contribution is 5.74. The van der Waals surface area contributed by atoms with Gasteiger partial charge in [0.05, 0.1) is 11.7 Å². The maximum absolute atomic E-state index is 12.2. The zero-order chi connectivity index (χ0) is 18.1. The van der Waals surface area contributed by atoms with Gasteiger partial charge in [-0.25, -0.2) is 0 Å². The predicted octanol–water partition coefficient (Wildman–Crippen LogP) is 2.80. The number of aryl methyl sites for hydroxylation is 2.